The minimum absolute atomic E-state index is 0.147. The third kappa shape index (κ3) is 7.07. The van der Waals surface area contributed by atoms with Crippen molar-refractivity contribution in [2.75, 3.05) is 31.3 Å². The average molecular weight is 528 g/mol. The highest BCUT2D eigenvalue weighted by molar-refractivity contribution is 7.92. The van der Waals surface area contributed by atoms with Crippen molar-refractivity contribution in [1.82, 2.24) is 10.2 Å². The number of rotatable bonds is 11. The number of benzene rings is 3. The standard InChI is InChI=1S/C27H30FN3O5S/c1-29-27(33)24(17-20-11-5-4-6-12-20)30(18-21-13-7-8-14-22(21)28)26(32)19-31(37(3,34)35)23-15-9-10-16-25(23)36-2/h4-16,24H,17-19H2,1-3H3,(H,29,33)/t24-/m0/s1. The highest BCUT2D eigenvalue weighted by Crippen LogP contribution is 2.30. The molecule has 37 heavy (non-hydrogen) atoms. The molecule has 0 fully saturated rings. The quantitative estimate of drug-likeness (QED) is 0.414. The number of carbonyl (C=O) groups excluding carboxylic acids is 2. The summed E-state index contributed by atoms with van der Waals surface area (Å²) in [5, 5.41) is 2.58. The van der Waals surface area contributed by atoms with E-state index in [0.29, 0.717) is 0 Å². The third-order valence-electron chi connectivity index (χ3n) is 5.85. The molecule has 0 aliphatic heterocycles. The molecule has 3 aromatic rings. The number of anilines is 1. The summed E-state index contributed by atoms with van der Waals surface area (Å²) in [6.07, 6.45) is 1.13. The van der Waals surface area contributed by atoms with E-state index in [1.54, 1.807) is 24.3 Å². The van der Waals surface area contributed by atoms with E-state index in [1.807, 2.05) is 30.3 Å². The van der Waals surface area contributed by atoms with Gasteiger partial charge in [-0.1, -0.05) is 60.7 Å². The molecule has 1 N–H and O–H groups in total. The van der Waals surface area contributed by atoms with Gasteiger partial charge >= 0.3 is 0 Å². The van der Waals surface area contributed by atoms with E-state index in [0.717, 1.165) is 16.1 Å². The number of sulfonamides is 1. The molecule has 0 unspecified atom stereocenters. The van der Waals surface area contributed by atoms with Crippen LogP contribution >= 0.6 is 0 Å². The van der Waals surface area contributed by atoms with Gasteiger partial charge in [-0.2, -0.15) is 0 Å². The van der Waals surface area contributed by atoms with Crippen LogP contribution in [0.1, 0.15) is 11.1 Å². The molecule has 0 heterocycles. The Balaban J connectivity index is 2.06. The highest BCUT2D eigenvalue weighted by Gasteiger charge is 2.33. The SMILES string of the molecule is CNC(=O)[C@H](Cc1ccccc1)N(Cc1ccccc1F)C(=O)CN(c1ccccc1OC)S(C)(=O)=O. The summed E-state index contributed by atoms with van der Waals surface area (Å²) in [5.41, 5.74) is 1.15. The summed E-state index contributed by atoms with van der Waals surface area (Å²) in [5.74, 6) is -1.42. The number of amides is 2. The molecular weight excluding hydrogens is 497 g/mol. The number of hydrogen-bond acceptors (Lipinski definition) is 5. The molecular formula is C27H30FN3O5S. The number of carbonyl (C=O) groups is 2. The summed E-state index contributed by atoms with van der Waals surface area (Å²) in [4.78, 5) is 28.1. The maximum atomic E-state index is 14.6. The van der Waals surface area contributed by atoms with Crippen LogP contribution in [0, 0.1) is 5.82 Å². The molecule has 0 saturated carbocycles. The van der Waals surface area contributed by atoms with Crippen molar-refractivity contribution in [1.29, 1.82) is 0 Å². The monoisotopic (exact) mass is 527 g/mol. The van der Waals surface area contributed by atoms with Gasteiger partial charge in [-0.25, -0.2) is 12.8 Å². The van der Waals surface area contributed by atoms with Gasteiger partial charge in [-0.15, -0.1) is 0 Å². The summed E-state index contributed by atoms with van der Waals surface area (Å²) in [6.45, 7) is -0.851. The van der Waals surface area contributed by atoms with Crippen molar-refractivity contribution in [3.05, 3.63) is 95.8 Å². The predicted molar refractivity (Wildman–Crippen MR) is 140 cm³/mol. The van der Waals surface area contributed by atoms with Crippen LogP contribution in [0.3, 0.4) is 0 Å². The second kappa shape index (κ2) is 12.4. The number of nitrogens with zero attached hydrogens (tertiary/aromatic N) is 2. The zero-order valence-electron chi connectivity index (χ0n) is 20.9. The van der Waals surface area contributed by atoms with Crippen LogP contribution in [0.5, 0.6) is 5.75 Å². The first-order valence-electron chi connectivity index (χ1n) is 11.5. The second-order valence-electron chi connectivity index (χ2n) is 8.37. The minimum atomic E-state index is -3.94. The minimum Gasteiger partial charge on any atom is -0.495 e. The molecule has 1 atom stereocenters. The van der Waals surface area contributed by atoms with Crippen molar-refractivity contribution in [3.63, 3.8) is 0 Å². The van der Waals surface area contributed by atoms with Gasteiger partial charge in [0.25, 0.3) is 0 Å². The zero-order valence-corrected chi connectivity index (χ0v) is 21.7. The molecule has 3 aromatic carbocycles. The fourth-order valence-electron chi connectivity index (χ4n) is 3.96. The first-order valence-corrected chi connectivity index (χ1v) is 13.4. The number of nitrogens with one attached hydrogen (secondary N) is 1. The van der Waals surface area contributed by atoms with E-state index >= 15 is 0 Å². The van der Waals surface area contributed by atoms with Crippen molar-refractivity contribution >= 4 is 27.5 Å². The predicted octanol–water partition coefficient (Wildman–Crippen LogP) is 2.99. The van der Waals surface area contributed by atoms with Crippen LogP contribution in [-0.4, -0.2) is 58.1 Å². The fourth-order valence-corrected chi connectivity index (χ4v) is 4.81. The second-order valence-corrected chi connectivity index (χ2v) is 10.3. The van der Waals surface area contributed by atoms with E-state index in [-0.39, 0.29) is 30.0 Å². The summed E-state index contributed by atoms with van der Waals surface area (Å²) in [6, 6.07) is 20.4. The first-order chi connectivity index (χ1) is 17.7. The van der Waals surface area contributed by atoms with Crippen LogP contribution in [0.15, 0.2) is 78.9 Å². The molecule has 0 saturated heterocycles. The largest absolute Gasteiger partial charge is 0.495 e. The van der Waals surface area contributed by atoms with Gasteiger partial charge in [0.2, 0.25) is 21.8 Å². The van der Waals surface area contributed by atoms with Crippen LogP contribution in [0.25, 0.3) is 0 Å². The highest BCUT2D eigenvalue weighted by atomic mass is 32.2. The lowest BCUT2D eigenvalue weighted by Crippen LogP contribution is -2.53. The third-order valence-corrected chi connectivity index (χ3v) is 6.98. The van der Waals surface area contributed by atoms with Gasteiger partial charge < -0.3 is 15.0 Å². The van der Waals surface area contributed by atoms with Crippen LogP contribution < -0.4 is 14.4 Å². The summed E-state index contributed by atoms with van der Waals surface area (Å²) in [7, 11) is -1.10. The Bertz CT molecular complexity index is 1330. The number of hydrogen-bond donors (Lipinski definition) is 1. The van der Waals surface area contributed by atoms with E-state index < -0.39 is 40.2 Å². The molecule has 0 bridgehead atoms. The van der Waals surface area contributed by atoms with E-state index in [9.17, 15) is 22.4 Å². The molecule has 10 heteroatoms. The maximum absolute atomic E-state index is 14.6. The molecule has 0 radical (unpaired) electrons. The van der Waals surface area contributed by atoms with E-state index in [1.165, 1.54) is 43.3 Å². The Labute approximate surface area is 216 Å². The van der Waals surface area contributed by atoms with Crippen molar-refractivity contribution in [2.24, 2.45) is 0 Å². The molecule has 2 amide bonds. The van der Waals surface area contributed by atoms with Crippen molar-refractivity contribution < 1.29 is 27.1 Å². The van der Waals surface area contributed by atoms with Crippen LogP contribution in [0.4, 0.5) is 10.1 Å². The molecule has 0 aliphatic carbocycles. The number of ether oxygens (including phenoxy) is 1. The first kappa shape index (κ1) is 27.7. The van der Waals surface area contributed by atoms with E-state index in [2.05, 4.69) is 5.32 Å². The Morgan fingerprint density at radius 3 is 2.22 bits per heavy atom. The Morgan fingerprint density at radius 1 is 0.973 bits per heavy atom. The van der Waals surface area contributed by atoms with Gasteiger partial charge in [0.05, 0.1) is 19.1 Å². The molecule has 0 spiro atoms. The summed E-state index contributed by atoms with van der Waals surface area (Å²) < 4.78 is 46.4. The van der Waals surface area contributed by atoms with Gasteiger partial charge in [0.1, 0.15) is 24.2 Å². The van der Waals surface area contributed by atoms with Gasteiger partial charge in [0, 0.05) is 25.6 Å². The topological polar surface area (TPSA) is 96.0 Å². The van der Waals surface area contributed by atoms with Gasteiger partial charge in [0.15, 0.2) is 0 Å². The fraction of sp³-hybridized carbons (Fsp3) is 0.259. The van der Waals surface area contributed by atoms with Gasteiger partial charge in [-0.3, -0.25) is 13.9 Å². The molecule has 3 rings (SSSR count). The van der Waals surface area contributed by atoms with Crippen molar-refractivity contribution in [3.8, 4) is 5.75 Å². The number of para-hydroxylation sites is 2. The summed E-state index contributed by atoms with van der Waals surface area (Å²) >= 11 is 0. The van der Waals surface area contributed by atoms with Crippen LogP contribution in [-0.2, 0) is 32.6 Å². The number of likely N-dealkylation sites (N-methyl/N-ethyl adjacent to an activating group) is 1. The average Bonchev–Trinajstić information content (AvgIpc) is 2.89. The lowest BCUT2D eigenvalue weighted by Gasteiger charge is -2.33. The van der Waals surface area contributed by atoms with E-state index in [4.69, 9.17) is 4.74 Å². The normalized spacial score (nSPS) is 11.9. The number of halogens is 1. The zero-order chi connectivity index (χ0) is 27.0. The molecule has 8 nitrogen and oxygen atoms in total. The Hall–Kier alpha value is -3.92. The Morgan fingerprint density at radius 2 is 1.59 bits per heavy atom. The molecule has 0 aliphatic rings. The maximum Gasteiger partial charge on any atom is 0.244 e. The molecule has 196 valence electrons. The molecule has 0 aromatic heterocycles. The van der Waals surface area contributed by atoms with Crippen molar-refractivity contribution in [2.45, 2.75) is 19.0 Å². The van der Waals surface area contributed by atoms with Gasteiger partial charge in [-0.05, 0) is 23.8 Å². The Kier molecular flexibility index (Phi) is 9.24. The number of methoxy groups -OCH3 is 1. The lowest BCUT2D eigenvalue weighted by atomic mass is 10.0. The van der Waals surface area contributed by atoms with Crippen LogP contribution in [0.2, 0.25) is 0 Å². The lowest BCUT2D eigenvalue weighted by molar-refractivity contribution is -0.139. The smallest absolute Gasteiger partial charge is 0.244 e.